The Morgan fingerprint density at radius 2 is 0.741 bits per heavy atom. The van der Waals surface area contributed by atoms with Gasteiger partial charge in [0.25, 0.3) is 0 Å². The van der Waals surface area contributed by atoms with Gasteiger partial charge in [-0.2, -0.15) is 0 Å². The zero-order valence-electron chi connectivity index (χ0n) is 28.1. The highest BCUT2D eigenvalue weighted by Gasteiger charge is 2.30. The highest BCUT2D eigenvalue weighted by Crippen LogP contribution is 2.18. The van der Waals surface area contributed by atoms with Crippen molar-refractivity contribution in [2.24, 2.45) is 0 Å². The first-order chi connectivity index (χ1) is 25.3. The fourth-order valence-electron chi connectivity index (χ4n) is 3.70. The summed E-state index contributed by atoms with van der Waals surface area (Å²) >= 11 is 0. The Labute approximate surface area is 305 Å². The quantitative estimate of drug-likeness (QED) is 0.101. The molecule has 0 amide bonds. The summed E-state index contributed by atoms with van der Waals surface area (Å²) in [5, 5.41) is 104. The molecule has 0 spiro atoms. The molecule has 2 aliphatic heterocycles. The molecular weight excluding hydrogens is 728 g/mol. The molecular formula is C32H42N4O18. The van der Waals surface area contributed by atoms with Gasteiger partial charge in [0.2, 0.25) is 0 Å². The molecule has 0 radical (unpaired) electrons. The number of hydrogen-bond acceptors (Lipinski definition) is 16. The fourth-order valence-corrected chi connectivity index (χ4v) is 3.70. The molecule has 4 heterocycles. The van der Waals surface area contributed by atoms with Crippen LogP contribution in [0.1, 0.15) is 36.1 Å². The van der Waals surface area contributed by atoms with Crippen LogP contribution in [0.25, 0.3) is 0 Å². The summed E-state index contributed by atoms with van der Waals surface area (Å²) in [6.07, 6.45) is 4.78. The van der Waals surface area contributed by atoms with E-state index in [9.17, 15) is 28.8 Å². The van der Waals surface area contributed by atoms with E-state index in [2.05, 4.69) is 57.0 Å². The SMILES string of the molecule is C1=CCC(c2cccnc2)NC1.C1=CCC(c2cccnc2)NC1.O=C(O)C(O)C(O)C(=O)O.O=C(O)C(O)C(O)C(=O)O.O=C(O)C(O)C(O)C(=O)O. The minimum atomic E-state index is -2.27. The molecule has 0 saturated carbocycles. The van der Waals surface area contributed by atoms with Crippen molar-refractivity contribution in [3.8, 4) is 0 Å². The van der Waals surface area contributed by atoms with Crippen LogP contribution in [-0.4, -0.2) is 157 Å². The van der Waals surface area contributed by atoms with Gasteiger partial charge in [0.05, 0.1) is 0 Å². The van der Waals surface area contributed by atoms with Crippen molar-refractivity contribution >= 4 is 35.8 Å². The van der Waals surface area contributed by atoms with Crippen LogP contribution in [0.4, 0.5) is 0 Å². The Hall–Kier alpha value is -5.72. The summed E-state index contributed by atoms with van der Waals surface area (Å²) in [6, 6.07) is 9.12. The minimum absolute atomic E-state index is 0.462. The van der Waals surface area contributed by atoms with Crippen LogP contribution in [0.3, 0.4) is 0 Å². The average Bonchev–Trinajstić information content (AvgIpc) is 3.18. The lowest BCUT2D eigenvalue weighted by Crippen LogP contribution is -2.39. The Kier molecular flexibility index (Phi) is 23.3. The highest BCUT2D eigenvalue weighted by molar-refractivity contribution is 5.84. The predicted octanol–water partition coefficient (Wildman–Crippen LogP) is -3.02. The summed E-state index contributed by atoms with van der Waals surface area (Å²) in [7, 11) is 0. The van der Waals surface area contributed by atoms with Crippen molar-refractivity contribution in [2.45, 2.75) is 61.5 Å². The molecule has 0 fully saturated rings. The number of aliphatic hydroxyl groups is 6. The lowest BCUT2D eigenvalue weighted by Gasteiger charge is -2.19. The number of aromatic nitrogens is 2. The van der Waals surface area contributed by atoms with E-state index in [4.69, 9.17) is 61.3 Å². The zero-order chi connectivity index (χ0) is 41.4. The van der Waals surface area contributed by atoms with E-state index >= 15 is 0 Å². The number of aliphatic carboxylic acids is 6. The largest absolute Gasteiger partial charge is 0.479 e. The molecule has 8 unspecified atom stereocenters. The zero-order valence-corrected chi connectivity index (χ0v) is 28.1. The Morgan fingerprint density at radius 1 is 0.481 bits per heavy atom. The second-order valence-corrected chi connectivity index (χ2v) is 10.6. The molecule has 22 nitrogen and oxygen atoms in total. The normalized spacial score (nSPS) is 18.8. The Morgan fingerprint density at radius 3 is 0.907 bits per heavy atom. The third kappa shape index (κ3) is 19.2. The third-order valence-electron chi connectivity index (χ3n) is 6.63. The predicted molar refractivity (Wildman–Crippen MR) is 179 cm³/mol. The van der Waals surface area contributed by atoms with Crippen molar-refractivity contribution in [3.05, 3.63) is 84.5 Å². The summed E-state index contributed by atoms with van der Waals surface area (Å²) < 4.78 is 0. The topological polar surface area (TPSA) is 395 Å². The number of nitrogens with one attached hydrogen (secondary N) is 2. The molecule has 0 saturated heterocycles. The third-order valence-corrected chi connectivity index (χ3v) is 6.63. The monoisotopic (exact) mass is 770 g/mol. The van der Waals surface area contributed by atoms with E-state index in [-0.39, 0.29) is 0 Å². The smallest absolute Gasteiger partial charge is 0.335 e. The van der Waals surface area contributed by atoms with E-state index in [1.165, 1.54) is 11.1 Å². The maximum Gasteiger partial charge on any atom is 0.335 e. The minimum Gasteiger partial charge on any atom is -0.479 e. The summed E-state index contributed by atoms with van der Waals surface area (Å²) in [6.45, 7) is 1.94. The van der Waals surface area contributed by atoms with Crippen LogP contribution < -0.4 is 10.6 Å². The van der Waals surface area contributed by atoms with Crippen LogP contribution in [0.5, 0.6) is 0 Å². The first kappa shape index (κ1) is 48.3. The van der Waals surface area contributed by atoms with Crippen LogP contribution >= 0.6 is 0 Å². The summed E-state index contributed by atoms with van der Waals surface area (Å²) in [5.74, 6) is -10.6. The van der Waals surface area contributed by atoms with E-state index in [1.807, 2.05) is 36.9 Å². The van der Waals surface area contributed by atoms with Gasteiger partial charge in [-0.25, -0.2) is 28.8 Å². The van der Waals surface area contributed by atoms with Crippen molar-refractivity contribution in [1.82, 2.24) is 20.6 Å². The van der Waals surface area contributed by atoms with Crippen LogP contribution in [0.2, 0.25) is 0 Å². The maximum atomic E-state index is 9.77. The maximum absolute atomic E-state index is 9.77. The van der Waals surface area contributed by atoms with E-state index < -0.39 is 72.4 Å². The van der Waals surface area contributed by atoms with Gasteiger partial charge in [-0.05, 0) is 36.1 Å². The number of aliphatic hydroxyl groups excluding tert-OH is 6. The molecule has 298 valence electrons. The molecule has 14 N–H and O–H groups in total. The first-order valence-corrected chi connectivity index (χ1v) is 15.3. The number of carboxylic acid groups (broad SMARTS) is 6. The lowest BCUT2D eigenvalue weighted by atomic mass is 10.0. The number of hydrogen-bond donors (Lipinski definition) is 14. The fraction of sp³-hybridized carbons (Fsp3) is 0.375. The van der Waals surface area contributed by atoms with E-state index in [0.717, 1.165) is 25.9 Å². The van der Waals surface area contributed by atoms with Crippen LogP contribution in [0, 0.1) is 0 Å². The standard InChI is InChI=1S/2C10H12N2.3C4H6O6/c2*1-2-7-12-10(5-1)9-4-3-6-11-8-9;3*5-1(3(7)8)2(6)4(9)10/h2*1-4,6,8,10,12H,5,7H2;3*1-2,5-6H,(H,7,8)(H,9,10). The van der Waals surface area contributed by atoms with Gasteiger partial charge >= 0.3 is 35.8 Å². The van der Waals surface area contributed by atoms with Crippen molar-refractivity contribution < 1.29 is 90.0 Å². The van der Waals surface area contributed by atoms with Crippen molar-refractivity contribution in [1.29, 1.82) is 0 Å². The molecule has 0 bridgehead atoms. The van der Waals surface area contributed by atoms with Crippen molar-refractivity contribution in [2.75, 3.05) is 13.1 Å². The number of carboxylic acids is 6. The van der Waals surface area contributed by atoms with Crippen LogP contribution in [-0.2, 0) is 28.8 Å². The van der Waals surface area contributed by atoms with Gasteiger partial charge < -0.3 is 71.9 Å². The molecule has 8 atom stereocenters. The second kappa shape index (κ2) is 26.1. The van der Waals surface area contributed by atoms with E-state index in [0.29, 0.717) is 12.1 Å². The van der Waals surface area contributed by atoms with Gasteiger partial charge in [-0.15, -0.1) is 0 Å². The van der Waals surface area contributed by atoms with Crippen molar-refractivity contribution in [3.63, 3.8) is 0 Å². The van der Waals surface area contributed by atoms with Gasteiger partial charge in [-0.1, -0.05) is 36.4 Å². The molecule has 0 aliphatic carbocycles. The number of pyridine rings is 2. The number of nitrogens with zero attached hydrogens (tertiary/aromatic N) is 2. The lowest BCUT2D eigenvalue weighted by molar-refractivity contribution is -0.165. The summed E-state index contributed by atoms with van der Waals surface area (Å²) in [4.78, 5) is 66.8. The molecule has 0 aromatic carbocycles. The molecule has 54 heavy (non-hydrogen) atoms. The van der Waals surface area contributed by atoms with E-state index in [1.54, 1.807) is 0 Å². The molecule has 4 rings (SSSR count). The summed E-state index contributed by atoms with van der Waals surface area (Å²) in [5.41, 5.74) is 2.56. The molecule has 2 aliphatic rings. The highest BCUT2D eigenvalue weighted by atomic mass is 16.5. The van der Waals surface area contributed by atoms with Gasteiger partial charge in [0.1, 0.15) is 0 Å². The Balaban J connectivity index is 0.000000653. The van der Waals surface area contributed by atoms with Gasteiger partial charge in [-0.3, -0.25) is 9.97 Å². The van der Waals surface area contributed by atoms with Crippen LogP contribution in [0.15, 0.2) is 73.4 Å². The average molecular weight is 771 g/mol. The van der Waals surface area contributed by atoms with Gasteiger partial charge in [0, 0.05) is 50.0 Å². The first-order valence-electron chi connectivity index (χ1n) is 15.3. The molecule has 2 aromatic rings. The number of rotatable bonds is 11. The molecule has 2 aromatic heterocycles. The second-order valence-electron chi connectivity index (χ2n) is 10.6. The molecule has 22 heteroatoms. The number of carbonyl (C=O) groups is 6. The Bertz CT molecular complexity index is 1330. The van der Waals surface area contributed by atoms with Gasteiger partial charge in [0.15, 0.2) is 36.6 Å².